The molecule has 0 saturated heterocycles. The molecule has 98 valence electrons. The van der Waals surface area contributed by atoms with E-state index in [0.717, 1.165) is 42.8 Å². The van der Waals surface area contributed by atoms with Gasteiger partial charge in [0.15, 0.2) is 0 Å². The first-order chi connectivity index (χ1) is 8.54. The van der Waals surface area contributed by atoms with Crippen molar-refractivity contribution in [2.75, 3.05) is 5.32 Å². The highest BCUT2D eigenvalue weighted by Crippen LogP contribution is 2.22. The molecule has 0 bridgehead atoms. The lowest BCUT2D eigenvalue weighted by Gasteiger charge is -2.26. The zero-order valence-electron chi connectivity index (χ0n) is 10.5. The van der Waals surface area contributed by atoms with Crippen LogP contribution in [0.5, 0.6) is 0 Å². The smallest absolute Gasteiger partial charge is 0.127 e. The number of pyridine rings is 1. The highest BCUT2D eigenvalue weighted by atomic mass is 32.1. The molecule has 1 fully saturated rings. The lowest BCUT2D eigenvalue weighted by atomic mass is 9.93. The van der Waals surface area contributed by atoms with E-state index in [9.17, 15) is 5.11 Å². The highest BCUT2D eigenvalue weighted by molar-refractivity contribution is 7.80. The van der Waals surface area contributed by atoms with Gasteiger partial charge in [-0.3, -0.25) is 0 Å². The van der Waals surface area contributed by atoms with Gasteiger partial charge >= 0.3 is 0 Å². The normalized spacial score (nSPS) is 23.7. The van der Waals surface area contributed by atoms with Crippen LogP contribution in [-0.4, -0.2) is 27.2 Å². The average molecular weight is 265 g/mol. The van der Waals surface area contributed by atoms with Gasteiger partial charge in [0.1, 0.15) is 10.8 Å². The van der Waals surface area contributed by atoms with Crippen molar-refractivity contribution in [3.63, 3.8) is 0 Å². The molecule has 1 heterocycles. The molecule has 4 N–H and O–H groups in total. The third-order valence-corrected chi connectivity index (χ3v) is 3.52. The maximum Gasteiger partial charge on any atom is 0.127 e. The molecule has 1 aromatic heterocycles. The standard InChI is InChI=1S/C13H19N3OS/c1-8-6-9(13(14)18)7-12(15-8)16-10-2-4-11(17)5-3-10/h6-7,10-11,17H,2-5H2,1H3,(H2,14,18)(H,15,16). The van der Waals surface area contributed by atoms with Crippen LogP contribution in [-0.2, 0) is 0 Å². The van der Waals surface area contributed by atoms with Gasteiger partial charge in [0.2, 0.25) is 0 Å². The SMILES string of the molecule is Cc1cc(C(N)=S)cc(NC2CCC(O)CC2)n1. The molecule has 0 unspecified atom stereocenters. The lowest BCUT2D eigenvalue weighted by molar-refractivity contribution is 0.126. The molecule has 1 saturated carbocycles. The van der Waals surface area contributed by atoms with E-state index in [2.05, 4.69) is 10.3 Å². The van der Waals surface area contributed by atoms with Crippen molar-refractivity contribution in [3.8, 4) is 0 Å². The number of aliphatic hydroxyl groups is 1. The predicted molar refractivity (Wildman–Crippen MR) is 76.7 cm³/mol. The minimum absolute atomic E-state index is 0.138. The van der Waals surface area contributed by atoms with Crippen molar-refractivity contribution in [1.29, 1.82) is 0 Å². The maximum absolute atomic E-state index is 9.48. The Bertz CT molecular complexity index is 442. The summed E-state index contributed by atoms with van der Waals surface area (Å²) in [5.41, 5.74) is 7.39. The maximum atomic E-state index is 9.48. The van der Waals surface area contributed by atoms with Gasteiger partial charge in [0, 0.05) is 17.3 Å². The molecule has 0 aromatic carbocycles. The van der Waals surface area contributed by atoms with Crippen LogP contribution >= 0.6 is 12.2 Å². The van der Waals surface area contributed by atoms with Gasteiger partial charge in [-0.05, 0) is 44.7 Å². The van der Waals surface area contributed by atoms with Gasteiger partial charge in [-0.25, -0.2) is 4.98 Å². The molecule has 0 aliphatic heterocycles. The van der Waals surface area contributed by atoms with Crippen LogP contribution in [0.2, 0.25) is 0 Å². The van der Waals surface area contributed by atoms with Gasteiger partial charge in [0.05, 0.1) is 6.10 Å². The fraction of sp³-hybridized carbons (Fsp3) is 0.538. The number of nitrogens with one attached hydrogen (secondary N) is 1. The number of nitrogens with zero attached hydrogens (tertiary/aromatic N) is 1. The quantitative estimate of drug-likeness (QED) is 0.726. The van der Waals surface area contributed by atoms with E-state index in [1.54, 1.807) is 0 Å². The van der Waals surface area contributed by atoms with E-state index >= 15 is 0 Å². The molecule has 0 amide bonds. The molecule has 1 aliphatic carbocycles. The molecule has 0 spiro atoms. The average Bonchev–Trinajstić information content (AvgIpc) is 2.31. The number of hydrogen-bond acceptors (Lipinski definition) is 4. The first kappa shape index (κ1) is 13.2. The number of aryl methyl sites for hydroxylation is 1. The number of thiocarbonyl (C=S) groups is 1. The summed E-state index contributed by atoms with van der Waals surface area (Å²) < 4.78 is 0. The van der Waals surface area contributed by atoms with Crippen molar-refractivity contribution in [2.24, 2.45) is 5.73 Å². The van der Waals surface area contributed by atoms with Crippen LogP contribution in [0.1, 0.15) is 36.9 Å². The summed E-state index contributed by atoms with van der Waals surface area (Å²) in [7, 11) is 0. The fourth-order valence-electron chi connectivity index (χ4n) is 2.31. The Balaban J connectivity index is 2.07. The van der Waals surface area contributed by atoms with Crippen molar-refractivity contribution >= 4 is 23.0 Å². The molecular weight excluding hydrogens is 246 g/mol. The number of aliphatic hydroxyl groups excluding tert-OH is 1. The topological polar surface area (TPSA) is 71.2 Å². The van der Waals surface area contributed by atoms with E-state index in [0.29, 0.717) is 11.0 Å². The van der Waals surface area contributed by atoms with E-state index < -0.39 is 0 Å². The van der Waals surface area contributed by atoms with Crippen molar-refractivity contribution < 1.29 is 5.11 Å². The summed E-state index contributed by atoms with van der Waals surface area (Å²) in [6, 6.07) is 4.15. The van der Waals surface area contributed by atoms with Crippen LogP contribution < -0.4 is 11.1 Å². The molecule has 0 atom stereocenters. The summed E-state index contributed by atoms with van der Waals surface area (Å²) in [5.74, 6) is 0.819. The predicted octanol–water partition coefficient (Wildman–Crippen LogP) is 1.74. The van der Waals surface area contributed by atoms with Gasteiger partial charge < -0.3 is 16.2 Å². The van der Waals surface area contributed by atoms with Crippen LogP contribution in [0, 0.1) is 6.92 Å². The Labute approximate surface area is 113 Å². The van der Waals surface area contributed by atoms with E-state index in [1.807, 2.05) is 19.1 Å². The summed E-state index contributed by atoms with van der Waals surface area (Å²) in [6.45, 7) is 1.93. The number of hydrogen-bond donors (Lipinski definition) is 3. The molecule has 0 radical (unpaired) electrons. The van der Waals surface area contributed by atoms with Crippen LogP contribution in [0.4, 0.5) is 5.82 Å². The van der Waals surface area contributed by atoms with Crippen molar-refractivity contribution in [3.05, 3.63) is 23.4 Å². The first-order valence-corrected chi connectivity index (χ1v) is 6.68. The van der Waals surface area contributed by atoms with Gasteiger partial charge in [-0.1, -0.05) is 12.2 Å². The molecule has 1 aliphatic rings. The van der Waals surface area contributed by atoms with Crippen LogP contribution in [0.25, 0.3) is 0 Å². The summed E-state index contributed by atoms with van der Waals surface area (Å²) in [4.78, 5) is 4.83. The third-order valence-electron chi connectivity index (χ3n) is 3.29. The number of anilines is 1. The van der Waals surface area contributed by atoms with Gasteiger partial charge in [-0.15, -0.1) is 0 Å². The van der Waals surface area contributed by atoms with Crippen molar-refractivity contribution in [1.82, 2.24) is 4.98 Å². The molecule has 5 heteroatoms. The largest absolute Gasteiger partial charge is 0.393 e. The monoisotopic (exact) mass is 265 g/mol. The second-order valence-corrected chi connectivity index (χ2v) is 5.34. The highest BCUT2D eigenvalue weighted by Gasteiger charge is 2.19. The lowest BCUT2D eigenvalue weighted by Crippen LogP contribution is -2.28. The fourth-order valence-corrected chi connectivity index (χ4v) is 2.43. The molecular formula is C13H19N3OS. The first-order valence-electron chi connectivity index (χ1n) is 6.27. The minimum atomic E-state index is -0.138. The zero-order valence-corrected chi connectivity index (χ0v) is 11.3. The Hall–Kier alpha value is -1.20. The number of nitrogens with two attached hydrogens (primary N) is 1. The van der Waals surface area contributed by atoms with E-state index in [4.69, 9.17) is 18.0 Å². The second-order valence-electron chi connectivity index (χ2n) is 4.90. The van der Waals surface area contributed by atoms with E-state index in [1.165, 1.54) is 0 Å². The van der Waals surface area contributed by atoms with E-state index in [-0.39, 0.29) is 6.10 Å². The molecule has 2 rings (SSSR count). The Morgan fingerprint density at radius 2 is 2.06 bits per heavy atom. The number of rotatable bonds is 3. The Morgan fingerprint density at radius 3 is 2.67 bits per heavy atom. The Morgan fingerprint density at radius 1 is 1.39 bits per heavy atom. The number of aromatic nitrogens is 1. The van der Waals surface area contributed by atoms with Crippen LogP contribution in [0.3, 0.4) is 0 Å². The van der Waals surface area contributed by atoms with Gasteiger partial charge in [0.25, 0.3) is 0 Å². The summed E-state index contributed by atoms with van der Waals surface area (Å²) >= 11 is 4.99. The zero-order chi connectivity index (χ0) is 13.1. The second kappa shape index (κ2) is 5.63. The molecule has 1 aromatic rings. The third kappa shape index (κ3) is 3.40. The summed E-state index contributed by atoms with van der Waals surface area (Å²) in [5, 5.41) is 12.9. The Kier molecular flexibility index (Phi) is 4.14. The van der Waals surface area contributed by atoms with Crippen LogP contribution in [0.15, 0.2) is 12.1 Å². The molecule has 4 nitrogen and oxygen atoms in total. The summed E-state index contributed by atoms with van der Waals surface area (Å²) in [6.07, 6.45) is 3.51. The molecule has 18 heavy (non-hydrogen) atoms. The van der Waals surface area contributed by atoms with Crippen molar-refractivity contribution in [2.45, 2.75) is 44.8 Å². The van der Waals surface area contributed by atoms with Gasteiger partial charge in [-0.2, -0.15) is 0 Å². The minimum Gasteiger partial charge on any atom is -0.393 e.